The summed E-state index contributed by atoms with van der Waals surface area (Å²) < 4.78 is 16.8. The first kappa shape index (κ1) is 17.5. The molecule has 0 amide bonds. The smallest absolute Gasteiger partial charge is 0.472 e. The van der Waals surface area contributed by atoms with Crippen LogP contribution in [-0.2, 0) is 18.3 Å². The van der Waals surface area contributed by atoms with Gasteiger partial charge in [0.1, 0.15) is 0 Å². The van der Waals surface area contributed by atoms with Crippen molar-refractivity contribution >= 4 is 14.8 Å². The average molecular weight is 278 g/mol. The summed E-state index contributed by atoms with van der Waals surface area (Å²) in [4.78, 5) is 11.2. The normalized spacial score (nSPS) is 12.2. The molecule has 0 aromatic rings. The van der Waals surface area contributed by atoms with Gasteiger partial charge in [0, 0.05) is 39.6 Å². The van der Waals surface area contributed by atoms with E-state index in [-0.39, 0.29) is 5.97 Å². The van der Waals surface area contributed by atoms with E-state index in [2.05, 4.69) is 0 Å². The van der Waals surface area contributed by atoms with Gasteiger partial charge in [-0.2, -0.15) is 10.1 Å². The van der Waals surface area contributed by atoms with Gasteiger partial charge < -0.3 is 4.43 Å². The quantitative estimate of drug-likeness (QED) is 0.472. The van der Waals surface area contributed by atoms with Crippen molar-refractivity contribution in [3.63, 3.8) is 0 Å². The first-order valence-electron chi connectivity index (χ1n) is 6.48. The molecule has 0 N–H and O–H groups in total. The number of hydrogen-bond donors (Lipinski definition) is 0. The molecule has 7 heteroatoms. The lowest BCUT2D eigenvalue weighted by Crippen LogP contribution is -2.52. The number of carbonyl (C=O) groups excluding carboxylic acids is 1. The maximum absolute atomic E-state index is 11.2. The van der Waals surface area contributed by atoms with Gasteiger partial charge in [0.05, 0.1) is 0 Å². The Morgan fingerprint density at radius 2 is 1.28 bits per heavy atom. The van der Waals surface area contributed by atoms with Crippen molar-refractivity contribution in [2.24, 2.45) is 0 Å². The van der Waals surface area contributed by atoms with Crippen molar-refractivity contribution in [3.05, 3.63) is 0 Å². The minimum absolute atomic E-state index is 0.386. The maximum atomic E-state index is 11.2. The summed E-state index contributed by atoms with van der Waals surface area (Å²) >= 11 is 0. The van der Waals surface area contributed by atoms with Crippen molar-refractivity contribution in [2.45, 2.75) is 41.2 Å². The number of hydroxylamine groups is 4. The molecule has 6 nitrogen and oxygen atoms in total. The Bertz CT molecular complexity index is 231. The van der Waals surface area contributed by atoms with E-state index in [1.165, 1.54) is 6.92 Å². The highest BCUT2D eigenvalue weighted by atomic mass is 28.4. The standard InChI is InChI=1S/C11H26N2O4Si/c1-7-12(8-2)16-18(6,15-11(5)14)17-13(9-3)10-4/h7-10H2,1-6H3. The predicted octanol–water partition coefficient (Wildman–Crippen LogP) is 1.66. The summed E-state index contributed by atoms with van der Waals surface area (Å²) in [5.74, 6) is -0.386. The molecule has 0 aromatic carbocycles. The van der Waals surface area contributed by atoms with Gasteiger partial charge in [-0.25, -0.2) is 0 Å². The van der Waals surface area contributed by atoms with Gasteiger partial charge in [-0.1, -0.05) is 27.7 Å². The van der Waals surface area contributed by atoms with Crippen LogP contribution < -0.4 is 0 Å². The molecular formula is C11H26N2O4Si. The van der Waals surface area contributed by atoms with E-state index in [9.17, 15) is 4.79 Å². The van der Waals surface area contributed by atoms with Gasteiger partial charge >= 0.3 is 8.80 Å². The zero-order chi connectivity index (χ0) is 14.2. The molecule has 0 radical (unpaired) electrons. The first-order chi connectivity index (χ1) is 8.40. The molecule has 0 spiro atoms. The summed E-state index contributed by atoms with van der Waals surface area (Å²) in [5, 5.41) is 3.47. The number of nitrogens with zero attached hydrogens (tertiary/aromatic N) is 2. The molecule has 0 fully saturated rings. The Morgan fingerprint density at radius 3 is 1.50 bits per heavy atom. The van der Waals surface area contributed by atoms with Crippen LogP contribution in [0.5, 0.6) is 0 Å². The Labute approximate surface area is 111 Å². The van der Waals surface area contributed by atoms with Crippen molar-refractivity contribution < 1.29 is 18.3 Å². The van der Waals surface area contributed by atoms with Gasteiger partial charge in [-0.3, -0.25) is 13.8 Å². The lowest BCUT2D eigenvalue weighted by Gasteiger charge is -2.33. The van der Waals surface area contributed by atoms with Gasteiger partial charge in [0.25, 0.3) is 5.97 Å². The lowest BCUT2D eigenvalue weighted by atomic mass is 10.6. The summed E-state index contributed by atoms with van der Waals surface area (Å²) in [6.07, 6.45) is 0. The zero-order valence-corrected chi connectivity index (χ0v) is 13.4. The molecular weight excluding hydrogens is 252 g/mol. The Morgan fingerprint density at radius 1 is 0.944 bits per heavy atom. The van der Waals surface area contributed by atoms with E-state index in [0.717, 1.165) is 0 Å². The molecule has 0 aliphatic heterocycles. The average Bonchev–Trinajstić information content (AvgIpc) is 2.32. The number of carbonyl (C=O) groups is 1. The molecule has 0 aromatic heterocycles. The Balaban J connectivity index is 4.74. The third kappa shape index (κ3) is 6.46. The molecule has 0 saturated heterocycles. The Kier molecular flexibility index (Phi) is 8.37. The van der Waals surface area contributed by atoms with Crippen LogP contribution in [0.3, 0.4) is 0 Å². The minimum atomic E-state index is -3.02. The van der Waals surface area contributed by atoms with Gasteiger partial charge in [0.15, 0.2) is 0 Å². The van der Waals surface area contributed by atoms with Gasteiger partial charge in [-0.15, -0.1) is 0 Å². The largest absolute Gasteiger partial charge is 0.599 e. The van der Waals surface area contributed by atoms with Crippen molar-refractivity contribution in [2.75, 3.05) is 26.2 Å². The van der Waals surface area contributed by atoms with E-state index in [4.69, 9.17) is 13.5 Å². The zero-order valence-electron chi connectivity index (χ0n) is 12.4. The molecule has 0 atom stereocenters. The molecule has 0 aliphatic carbocycles. The second kappa shape index (κ2) is 8.60. The minimum Gasteiger partial charge on any atom is -0.472 e. The number of hydrogen-bond acceptors (Lipinski definition) is 6. The van der Waals surface area contributed by atoms with Crippen LogP contribution in [0, 0.1) is 0 Å². The molecule has 0 unspecified atom stereocenters. The topological polar surface area (TPSA) is 51.2 Å². The van der Waals surface area contributed by atoms with E-state index < -0.39 is 8.80 Å². The van der Waals surface area contributed by atoms with E-state index in [0.29, 0.717) is 26.2 Å². The van der Waals surface area contributed by atoms with E-state index >= 15 is 0 Å². The van der Waals surface area contributed by atoms with Crippen molar-refractivity contribution in [1.82, 2.24) is 10.1 Å². The van der Waals surface area contributed by atoms with E-state index in [1.54, 1.807) is 16.7 Å². The third-order valence-corrected chi connectivity index (χ3v) is 4.17. The van der Waals surface area contributed by atoms with Crippen LogP contribution >= 0.6 is 0 Å². The molecule has 0 saturated carbocycles. The SMILES string of the molecule is CCN(CC)O[Si](C)(OC(C)=O)ON(CC)CC. The van der Waals surface area contributed by atoms with Crippen LogP contribution in [0.2, 0.25) is 6.55 Å². The fourth-order valence-corrected chi connectivity index (χ4v) is 3.57. The highest BCUT2D eigenvalue weighted by Gasteiger charge is 2.43. The van der Waals surface area contributed by atoms with E-state index in [1.807, 2.05) is 27.7 Å². The van der Waals surface area contributed by atoms with Crippen LogP contribution in [0.25, 0.3) is 0 Å². The molecule has 0 heterocycles. The van der Waals surface area contributed by atoms with Crippen LogP contribution in [-0.4, -0.2) is 51.1 Å². The molecule has 0 bridgehead atoms. The third-order valence-electron chi connectivity index (χ3n) is 2.33. The molecule has 0 aliphatic rings. The fourth-order valence-electron chi connectivity index (χ4n) is 1.49. The Hall–Kier alpha value is -0.473. The predicted molar refractivity (Wildman–Crippen MR) is 71.4 cm³/mol. The van der Waals surface area contributed by atoms with Crippen molar-refractivity contribution in [3.8, 4) is 0 Å². The summed E-state index contributed by atoms with van der Waals surface area (Å²) in [6, 6.07) is 0. The second-order valence-electron chi connectivity index (χ2n) is 3.87. The monoisotopic (exact) mass is 278 g/mol. The highest BCUT2D eigenvalue weighted by Crippen LogP contribution is 2.14. The van der Waals surface area contributed by atoms with Crippen LogP contribution in [0.1, 0.15) is 34.6 Å². The maximum Gasteiger partial charge on any atom is 0.599 e. The van der Waals surface area contributed by atoms with Gasteiger partial charge in [0.2, 0.25) is 0 Å². The van der Waals surface area contributed by atoms with Crippen LogP contribution in [0.15, 0.2) is 0 Å². The molecule has 108 valence electrons. The lowest BCUT2D eigenvalue weighted by molar-refractivity contribution is -0.181. The van der Waals surface area contributed by atoms with Gasteiger partial charge in [-0.05, 0) is 0 Å². The molecule has 18 heavy (non-hydrogen) atoms. The summed E-state index contributed by atoms with van der Waals surface area (Å²) in [5.41, 5.74) is 0. The summed E-state index contributed by atoms with van der Waals surface area (Å²) in [6.45, 7) is 13.8. The number of rotatable bonds is 9. The first-order valence-corrected chi connectivity index (χ1v) is 8.70. The fraction of sp³-hybridized carbons (Fsp3) is 0.909. The van der Waals surface area contributed by atoms with Crippen molar-refractivity contribution in [1.29, 1.82) is 0 Å². The second-order valence-corrected chi connectivity index (χ2v) is 6.16. The highest BCUT2D eigenvalue weighted by molar-refractivity contribution is 6.60. The van der Waals surface area contributed by atoms with Crippen LogP contribution in [0.4, 0.5) is 0 Å². The molecule has 0 rings (SSSR count). The summed E-state index contributed by atoms with van der Waals surface area (Å²) in [7, 11) is -3.02.